The van der Waals surface area contributed by atoms with Crippen LogP contribution in [0.1, 0.15) is 12.0 Å². The highest BCUT2D eigenvalue weighted by molar-refractivity contribution is 5.57. The first-order chi connectivity index (χ1) is 6.22. The van der Waals surface area contributed by atoms with E-state index < -0.39 is 11.6 Å². The van der Waals surface area contributed by atoms with Crippen LogP contribution in [-0.4, -0.2) is 6.29 Å². The van der Waals surface area contributed by atoms with Crippen molar-refractivity contribution in [1.29, 1.82) is 0 Å². The van der Waals surface area contributed by atoms with E-state index in [1.165, 1.54) is 18.2 Å². The van der Waals surface area contributed by atoms with Crippen LogP contribution in [0.25, 0.3) is 6.08 Å². The number of hydrogen-bond acceptors (Lipinski definition) is 1. The third-order valence-corrected chi connectivity index (χ3v) is 1.43. The van der Waals surface area contributed by atoms with Crippen molar-refractivity contribution < 1.29 is 13.6 Å². The molecule has 0 spiro atoms. The maximum Gasteiger partial charge on any atom is 0.126 e. The Morgan fingerprint density at radius 2 is 1.77 bits per heavy atom. The van der Waals surface area contributed by atoms with E-state index in [1.807, 2.05) is 0 Å². The maximum absolute atomic E-state index is 12.6. The molecule has 0 fully saturated rings. The van der Waals surface area contributed by atoms with E-state index in [0.717, 1.165) is 6.07 Å². The van der Waals surface area contributed by atoms with Crippen LogP contribution in [0.15, 0.2) is 24.3 Å². The predicted molar refractivity (Wildman–Crippen MR) is 46.1 cm³/mol. The minimum atomic E-state index is -0.620. The number of carbonyl (C=O) groups is 1. The summed E-state index contributed by atoms with van der Waals surface area (Å²) in [7, 11) is 0. The molecule has 0 amide bonds. The zero-order valence-corrected chi connectivity index (χ0v) is 6.84. The Bertz CT molecular complexity index is 311. The summed E-state index contributed by atoms with van der Waals surface area (Å²) in [4.78, 5) is 9.93. The summed E-state index contributed by atoms with van der Waals surface area (Å²) in [5.41, 5.74) is 0.416. The van der Waals surface area contributed by atoms with E-state index in [-0.39, 0.29) is 6.42 Å². The van der Waals surface area contributed by atoms with Crippen molar-refractivity contribution in [3.05, 3.63) is 41.5 Å². The van der Waals surface area contributed by atoms with E-state index in [2.05, 4.69) is 0 Å². The molecule has 1 aromatic carbocycles. The average Bonchev–Trinajstić information content (AvgIpc) is 2.03. The molecule has 0 aromatic heterocycles. The van der Waals surface area contributed by atoms with Gasteiger partial charge in [0.1, 0.15) is 17.9 Å². The van der Waals surface area contributed by atoms with E-state index in [9.17, 15) is 13.6 Å². The first-order valence-electron chi connectivity index (χ1n) is 3.78. The number of allylic oxidation sites excluding steroid dienone is 1. The zero-order chi connectivity index (χ0) is 9.68. The van der Waals surface area contributed by atoms with Crippen LogP contribution < -0.4 is 0 Å². The summed E-state index contributed by atoms with van der Waals surface area (Å²) < 4.78 is 25.2. The Hall–Kier alpha value is -1.51. The summed E-state index contributed by atoms with van der Waals surface area (Å²) in [6, 6.07) is 3.20. The summed E-state index contributed by atoms with van der Waals surface area (Å²) in [6.07, 6.45) is 4.01. The van der Waals surface area contributed by atoms with E-state index in [4.69, 9.17) is 0 Å². The standard InChI is InChI=1S/C10H8F2O/c11-9-5-8(3-1-2-4-13)6-10(12)7-9/h1,3-7H,2H2/b3-1+. The number of benzene rings is 1. The van der Waals surface area contributed by atoms with Gasteiger partial charge in [0.2, 0.25) is 0 Å². The number of rotatable bonds is 3. The number of carbonyl (C=O) groups excluding carboxylic acids is 1. The molecule has 0 aliphatic rings. The fourth-order valence-electron chi connectivity index (χ4n) is 0.931. The molecule has 1 aromatic rings. The fraction of sp³-hybridized carbons (Fsp3) is 0.100. The molecular weight excluding hydrogens is 174 g/mol. The minimum absolute atomic E-state index is 0.248. The van der Waals surface area contributed by atoms with Crippen molar-refractivity contribution in [2.45, 2.75) is 6.42 Å². The fourth-order valence-corrected chi connectivity index (χ4v) is 0.931. The van der Waals surface area contributed by atoms with Gasteiger partial charge in [0.25, 0.3) is 0 Å². The normalized spacial score (nSPS) is 10.6. The van der Waals surface area contributed by atoms with Gasteiger partial charge in [0, 0.05) is 12.5 Å². The van der Waals surface area contributed by atoms with Gasteiger partial charge in [-0.3, -0.25) is 0 Å². The predicted octanol–water partition coefficient (Wildman–Crippen LogP) is 2.57. The van der Waals surface area contributed by atoms with Crippen LogP contribution in [0.3, 0.4) is 0 Å². The van der Waals surface area contributed by atoms with E-state index in [0.29, 0.717) is 11.8 Å². The van der Waals surface area contributed by atoms with E-state index in [1.54, 1.807) is 6.08 Å². The second-order valence-corrected chi connectivity index (χ2v) is 2.51. The van der Waals surface area contributed by atoms with Gasteiger partial charge in [-0.05, 0) is 17.7 Å². The lowest BCUT2D eigenvalue weighted by Gasteiger charge is -1.94. The molecule has 0 saturated carbocycles. The lowest BCUT2D eigenvalue weighted by Crippen LogP contribution is -1.81. The quantitative estimate of drug-likeness (QED) is 0.656. The molecule has 0 heterocycles. The van der Waals surface area contributed by atoms with Gasteiger partial charge in [0.05, 0.1) is 0 Å². The molecular formula is C10H8F2O. The van der Waals surface area contributed by atoms with Crippen LogP contribution in [-0.2, 0) is 4.79 Å². The third-order valence-electron chi connectivity index (χ3n) is 1.43. The Labute approximate surface area is 74.7 Å². The maximum atomic E-state index is 12.6. The van der Waals surface area contributed by atoms with Crippen molar-refractivity contribution in [3.63, 3.8) is 0 Å². The molecule has 1 rings (SSSR count). The molecule has 1 nitrogen and oxygen atoms in total. The Morgan fingerprint density at radius 1 is 1.15 bits per heavy atom. The molecule has 0 saturated heterocycles. The molecule has 13 heavy (non-hydrogen) atoms. The lowest BCUT2D eigenvalue weighted by atomic mass is 10.2. The van der Waals surface area contributed by atoms with Crippen molar-refractivity contribution in [1.82, 2.24) is 0 Å². The monoisotopic (exact) mass is 182 g/mol. The minimum Gasteiger partial charge on any atom is -0.303 e. The van der Waals surface area contributed by atoms with Gasteiger partial charge in [0.15, 0.2) is 0 Å². The van der Waals surface area contributed by atoms with Crippen molar-refractivity contribution in [3.8, 4) is 0 Å². The highest BCUT2D eigenvalue weighted by Gasteiger charge is 1.96. The summed E-state index contributed by atoms with van der Waals surface area (Å²) in [6.45, 7) is 0. The van der Waals surface area contributed by atoms with Gasteiger partial charge < -0.3 is 4.79 Å². The van der Waals surface area contributed by atoms with Gasteiger partial charge in [-0.2, -0.15) is 0 Å². The third kappa shape index (κ3) is 3.15. The molecule has 0 bridgehead atoms. The highest BCUT2D eigenvalue weighted by Crippen LogP contribution is 2.09. The summed E-state index contributed by atoms with van der Waals surface area (Å²) >= 11 is 0. The van der Waals surface area contributed by atoms with Crippen molar-refractivity contribution in [2.75, 3.05) is 0 Å². The second-order valence-electron chi connectivity index (χ2n) is 2.51. The van der Waals surface area contributed by atoms with Crippen molar-refractivity contribution in [2.24, 2.45) is 0 Å². The largest absolute Gasteiger partial charge is 0.303 e. The molecule has 0 aliphatic carbocycles. The van der Waals surface area contributed by atoms with Gasteiger partial charge in [-0.1, -0.05) is 12.2 Å². The van der Waals surface area contributed by atoms with E-state index >= 15 is 0 Å². The molecule has 0 aliphatic heterocycles. The SMILES string of the molecule is O=CC/C=C/c1cc(F)cc(F)c1. The van der Waals surface area contributed by atoms with Gasteiger partial charge in [-0.15, -0.1) is 0 Å². The summed E-state index contributed by atoms with van der Waals surface area (Å²) in [5.74, 6) is -1.24. The molecule has 0 radical (unpaired) electrons. The topological polar surface area (TPSA) is 17.1 Å². The number of hydrogen-bond donors (Lipinski definition) is 0. The summed E-state index contributed by atoms with van der Waals surface area (Å²) in [5, 5.41) is 0. The molecule has 3 heteroatoms. The number of halogens is 2. The molecule has 68 valence electrons. The van der Waals surface area contributed by atoms with Crippen molar-refractivity contribution >= 4 is 12.4 Å². The Balaban J connectivity index is 2.82. The first kappa shape index (κ1) is 9.58. The van der Waals surface area contributed by atoms with Gasteiger partial charge >= 0.3 is 0 Å². The van der Waals surface area contributed by atoms with Crippen LogP contribution in [0.2, 0.25) is 0 Å². The highest BCUT2D eigenvalue weighted by atomic mass is 19.1. The average molecular weight is 182 g/mol. The zero-order valence-electron chi connectivity index (χ0n) is 6.84. The smallest absolute Gasteiger partial charge is 0.126 e. The molecule has 0 unspecified atom stereocenters. The Kier molecular flexibility index (Phi) is 3.31. The second kappa shape index (κ2) is 4.50. The Morgan fingerprint density at radius 3 is 2.31 bits per heavy atom. The van der Waals surface area contributed by atoms with Crippen LogP contribution in [0.5, 0.6) is 0 Å². The van der Waals surface area contributed by atoms with Crippen LogP contribution in [0, 0.1) is 11.6 Å². The first-order valence-corrected chi connectivity index (χ1v) is 3.78. The number of aldehydes is 1. The molecule has 0 atom stereocenters. The van der Waals surface area contributed by atoms with Gasteiger partial charge in [-0.25, -0.2) is 8.78 Å². The van der Waals surface area contributed by atoms with Crippen LogP contribution in [0.4, 0.5) is 8.78 Å². The lowest BCUT2D eigenvalue weighted by molar-refractivity contribution is -0.107. The molecule has 0 N–H and O–H groups in total. The van der Waals surface area contributed by atoms with Crippen LogP contribution >= 0.6 is 0 Å².